The number of aromatic nitrogens is 1. The van der Waals surface area contributed by atoms with Gasteiger partial charge >= 0.3 is 11.8 Å². The fraction of sp³-hybridized carbons (Fsp3) is 0.267. The number of nitrogens with zero attached hydrogens (tertiary/aromatic N) is 2. The van der Waals surface area contributed by atoms with Crippen molar-refractivity contribution in [3.05, 3.63) is 52.5 Å². The van der Waals surface area contributed by atoms with E-state index < -0.39 is 28.1 Å². The molecule has 1 aromatic carbocycles. The molecule has 0 radical (unpaired) electrons. The molecule has 0 saturated carbocycles. The van der Waals surface area contributed by atoms with Gasteiger partial charge < -0.3 is 4.74 Å². The minimum Gasteiger partial charge on any atom is -0.443 e. The lowest BCUT2D eigenvalue weighted by atomic mass is 10.1. The highest BCUT2D eigenvalue weighted by molar-refractivity contribution is 5.79. The lowest BCUT2D eigenvalue weighted by Gasteiger charge is -2.20. The summed E-state index contributed by atoms with van der Waals surface area (Å²) in [6.45, 7) is 5.13. The lowest BCUT2D eigenvalue weighted by molar-refractivity contribution is -0.387. The lowest BCUT2D eigenvalue weighted by Crippen LogP contribution is -2.27. The van der Waals surface area contributed by atoms with E-state index in [2.05, 4.69) is 0 Å². The van der Waals surface area contributed by atoms with Gasteiger partial charge in [0.05, 0.1) is 10.6 Å². The van der Waals surface area contributed by atoms with Crippen LogP contribution < -0.4 is 0 Å². The predicted molar refractivity (Wildman–Crippen MR) is 78.1 cm³/mol. The Morgan fingerprint density at radius 3 is 2.55 bits per heavy atom. The first kappa shape index (κ1) is 15.7. The van der Waals surface area contributed by atoms with Crippen LogP contribution >= 0.6 is 0 Å². The molecule has 0 spiro atoms. The van der Waals surface area contributed by atoms with Crippen molar-refractivity contribution in [2.75, 3.05) is 0 Å². The van der Waals surface area contributed by atoms with Crippen LogP contribution in [0, 0.1) is 15.9 Å². The summed E-state index contributed by atoms with van der Waals surface area (Å²) in [5.74, 6) is -0.990. The van der Waals surface area contributed by atoms with E-state index in [0.29, 0.717) is 0 Å². The zero-order valence-corrected chi connectivity index (χ0v) is 12.4. The Balaban J connectivity index is 2.48. The number of halogens is 1. The summed E-state index contributed by atoms with van der Waals surface area (Å²) in [4.78, 5) is 22.1. The molecule has 0 bridgehead atoms. The van der Waals surface area contributed by atoms with Crippen molar-refractivity contribution in [3.8, 4) is 11.3 Å². The molecule has 0 N–H and O–H groups in total. The maximum Gasteiger partial charge on any atom is 0.418 e. The molecule has 0 aliphatic carbocycles. The number of nitro groups is 1. The molecule has 1 heterocycles. The van der Waals surface area contributed by atoms with Gasteiger partial charge in [-0.1, -0.05) is 6.07 Å². The second-order valence-corrected chi connectivity index (χ2v) is 5.64. The second-order valence-electron chi connectivity index (χ2n) is 5.64. The number of carbonyl (C=O) groups is 1. The van der Waals surface area contributed by atoms with Crippen molar-refractivity contribution in [2.24, 2.45) is 0 Å². The Labute approximate surface area is 126 Å². The Hall–Kier alpha value is -2.70. The number of ether oxygens (including phenoxy) is 1. The van der Waals surface area contributed by atoms with Crippen molar-refractivity contribution in [2.45, 2.75) is 26.4 Å². The van der Waals surface area contributed by atoms with Crippen LogP contribution in [-0.2, 0) is 4.74 Å². The number of hydrogen-bond acceptors (Lipinski definition) is 4. The summed E-state index contributed by atoms with van der Waals surface area (Å²) < 4.78 is 20.6. The van der Waals surface area contributed by atoms with Gasteiger partial charge in [-0.25, -0.2) is 4.79 Å². The van der Waals surface area contributed by atoms with E-state index in [9.17, 15) is 19.3 Å². The Morgan fingerprint density at radius 1 is 1.27 bits per heavy atom. The number of rotatable bonds is 2. The smallest absolute Gasteiger partial charge is 0.418 e. The third-order valence-corrected chi connectivity index (χ3v) is 2.79. The maximum absolute atomic E-state index is 14.3. The molecule has 2 aromatic rings. The Morgan fingerprint density at radius 2 is 1.95 bits per heavy atom. The summed E-state index contributed by atoms with van der Waals surface area (Å²) in [7, 11) is 0. The van der Waals surface area contributed by atoms with E-state index in [1.54, 1.807) is 20.8 Å². The molecule has 7 heteroatoms. The molecular formula is C15H15FN2O4. The highest BCUT2D eigenvalue weighted by Gasteiger charge is 2.24. The average Bonchev–Trinajstić information content (AvgIpc) is 2.85. The van der Waals surface area contributed by atoms with Gasteiger partial charge in [-0.05, 0) is 39.0 Å². The van der Waals surface area contributed by atoms with Gasteiger partial charge in [0.15, 0.2) is 0 Å². The molecule has 0 atom stereocenters. The van der Waals surface area contributed by atoms with Crippen LogP contribution in [0.25, 0.3) is 11.3 Å². The summed E-state index contributed by atoms with van der Waals surface area (Å²) in [6.07, 6.45) is 0.736. The van der Waals surface area contributed by atoms with Crippen LogP contribution in [0.15, 0.2) is 36.5 Å². The van der Waals surface area contributed by atoms with E-state index in [-0.39, 0.29) is 11.3 Å². The SMILES string of the molecule is CC(C)(C)OC(=O)n1cccc1-c1cccc([N+](=O)[O-])c1F. The van der Waals surface area contributed by atoms with E-state index in [1.165, 1.54) is 30.5 Å². The van der Waals surface area contributed by atoms with Crippen molar-refractivity contribution in [1.82, 2.24) is 4.57 Å². The summed E-state index contributed by atoms with van der Waals surface area (Å²) in [6, 6.07) is 6.84. The minimum atomic E-state index is -0.990. The van der Waals surface area contributed by atoms with Crippen LogP contribution in [0.3, 0.4) is 0 Å². The highest BCUT2D eigenvalue weighted by Crippen LogP contribution is 2.29. The van der Waals surface area contributed by atoms with Crippen LogP contribution in [0.4, 0.5) is 14.9 Å². The van der Waals surface area contributed by atoms with E-state index in [0.717, 1.165) is 10.6 Å². The van der Waals surface area contributed by atoms with E-state index >= 15 is 0 Å². The number of benzene rings is 1. The van der Waals surface area contributed by atoms with Crippen molar-refractivity contribution in [1.29, 1.82) is 0 Å². The topological polar surface area (TPSA) is 74.4 Å². The molecular weight excluding hydrogens is 291 g/mol. The van der Waals surface area contributed by atoms with Crippen molar-refractivity contribution in [3.63, 3.8) is 0 Å². The van der Waals surface area contributed by atoms with Gasteiger partial charge in [-0.3, -0.25) is 14.7 Å². The minimum absolute atomic E-state index is 0.0370. The molecule has 6 nitrogen and oxygen atoms in total. The zero-order chi connectivity index (χ0) is 16.5. The summed E-state index contributed by atoms with van der Waals surface area (Å²) in [5.41, 5.74) is -1.20. The first-order valence-electron chi connectivity index (χ1n) is 6.54. The molecule has 0 saturated heterocycles. The largest absolute Gasteiger partial charge is 0.443 e. The summed E-state index contributed by atoms with van der Waals surface area (Å²) >= 11 is 0. The third kappa shape index (κ3) is 3.13. The van der Waals surface area contributed by atoms with Crippen LogP contribution in [0.2, 0.25) is 0 Å². The molecule has 1 aromatic heterocycles. The molecule has 0 unspecified atom stereocenters. The Kier molecular flexibility index (Phi) is 3.99. The average molecular weight is 306 g/mol. The van der Waals surface area contributed by atoms with Gasteiger partial charge in [0.1, 0.15) is 5.60 Å². The molecule has 22 heavy (non-hydrogen) atoms. The second kappa shape index (κ2) is 5.59. The number of carbonyl (C=O) groups excluding carboxylic acids is 1. The van der Waals surface area contributed by atoms with E-state index in [4.69, 9.17) is 4.74 Å². The summed E-state index contributed by atoms with van der Waals surface area (Å²) in [5, 5.41) is 10.8. The first-order valence-corrected chi connectivity index (χ1v) is 6.54. The van der Waals surface area contributed by atoms with Gasteiger partial charge in [0.2, 0.25) is 5.82 Å². The third-order valence-electron chi connectivity index (χ3n) is 2.79. The fourth-order valence-corrected chi connectivity index (χ4v) is 1.93. The van der Waals surface area contributed by atoms with Gasteiger partial charge in [0.25, 0.3) is 0 Å². The zero-order valence-electron chi connectivity index (χ0n) is 12.4. The van der Waals surface area contributed by atoms with Gasteiger partial charge in [-0.15, -0.1) is 0 Å². The number of hydrogen-bond donors (Lipinski definition) is 0. The molecule has 0 aliphatic heterocycles. The quantitative estimate of drug-likeness (QED) is 0.621. The molecule has 2 rings (SSSR count). The fourth-order valence-electron chi connectivity index (χ4n) is 1.93. The molecule has 0 fully saturated rings. The molecule has 116 valence electrons. The predicted octanol–water partition coefficient (Wildman–Crippen LogP) is 3.99. The van der Waals surface area contributed by atoms with Crippen molar-refractivity contribution < 1.29 is 18.8 Å². The monoisotopic (exact) mass is 306 g/mol. The van der Waals surface area contributed by atoms with Crippen LogP contribution in [-0.4, -0.2) is 21.2 Å². The maximum atomic E-state index is 14.3. The van der Waals surface area contributed by atoms with Crippen LogP contribution in [0.1, 0.15) is 20.8 Å². The van der Waals surface area contributed by atoms with E-state index in [1.807, 2.05) is 0 Å². The molecule has 0 amide bonds. The van der Waals surface area contributed by atoms with Gasteiger partial charge in [0, 0.05) is 17.8 Å². The Bertz CT molecular complexity index is 731. The first-order chi connectivity index (χ1) is 10.2. The normalized spacial score (nSPS) is 11.3. The van der Waals surface area contributed by atoms with Crippen LogP contribution in [0.5, 0.6) is 0 Å². The van der Waals surface area contributed by atoms with Crippen molar-refractivity contribution >= 4 is 11.8 Å². The number of nitro benzene ring substituents is 1. The molecule has 0 aliphatic rings. The highest BCUT2D eigenvalue weighted by atomic mass is 19.1. The van der Waals surface area contributed by atoms with Gasteiger partial charge in [-0.2, -0.15) is 4.39 Å². The standard InChI is InChI=1S/C15H15FN2O4/c1-15(2,3)22-14(19)17-9-5-8-11(17)10-6-4-7-12(13(10)16)18(20)21/h4-9H,1-3H3.